The number of aryl methyl sites for hydroxylation is 1. The largest absolute Gasteiger partial charge is 0.380 e. The Bertz CT molecular complexity index is 586. The van der Waals surface area contributed by atoms with Crippen LogP contribution < -0.4 is 0 Å². The van der Waals surface area contributed by atoms with E-state index >= 15 is 0 Å². The minimum atomic E-state index is -0.984. The van der Waals surface area contributed by atoms with E-state index in [4.69, 9.17) is 16.3 Å². The van der Waals surface area contributed by atoms with Gasteiger partial charge in [-0.2, -0.15) is 0 Å². The van der Waals surface area contributed by atoms with Crippen molar-refractivity contribution in [2.24, 2.45) is 0 Å². The number of nitrogens with zero attached hydrogens (tertiary/aromatic N) is 1. The van der Waals surface area contributed by atoms with Crippen LogP contribution in [-0.2, 0) is 11.3 Å². The highest BCUT2D eigenvalue weighted by Crippen LogP contribution is 2.25. The van der Waals surface area contributed by atoms with Crippen molar-refractivity contribution in [2.45, 2.75) is 19.6 Å². The van der Waals surface area contributed by atoms with Crippen molar-refractivity contribution in [2.75, 3.05) is 7.11 Å². The second kappa shape index (κ2) is 5.69. The predicted octanol–water partition coefficient (Wildman–Crippen LogP) is 2.74. The van der Waals surface area contributed by atoms with Crippen LogP contribution in [0.15, 0.2) is 18.2 Å². The van der Waals surface area contributed by atoms with E-state index in [9.17, 15) is 9.50 Å². The molecule has 1 heterocycles. The van der Waals surface area contributed by atoms with Crippen LogP contribution in [-0.4, -0.2) is 22.2 Å². The van der Waals surface area contributed by atoms with Gasteiger partial charge >= 0.3 is 0 Å². The fraction of sp³-hybridized carbons (Fsp3) is 0.308. The number of halogens is 2. The molecule has 0 aliphatic heterocycles. The van der Waals surface area contributed by atoms with E-state index in [1.54, 1.807) is 7.11 Å². The van der Waals surface area contributed by atoms with Gasteiger partial charge in [0.1, 0.15) is 17.7 Å². The van der Waals surface area contributed by atoms with Crippen LogP contribution in [0.1, 0.15) is 28.9 Å². The summed E-state index contributed by atoms with van der Waals surface area (Å²) >= 11 is 5.69. The molecule has 4 nitrogen and oxygen atoms in total. The normalized spacial score (nSPS) is 12.7. The summed E-state index contributed by atoms with van der Waals surface area (Å²) in [4.78, 5) is 7.24. The first-order valence-corrected chi connectivity index (χ1v) is 6.08. The molecule has 0 fully saturated rings. The number of nitrogens with one attached hydrogen (secondary N) is 1. The lowest BCUT2D eigenvalue weighted by molar-refractivity contribution is 0.180. The predicted molar refractivity (Wildman–Crippen MR) is 69.5 cm³/mol. The maximum absolute atomic E-state index is 13.1. The zero-order chi connectivity index (χ0) is 14.0. The molecule has 1 unspecified atom stereocenters. The van der Waals surface area contributed by atoms with Crippen molar-refractivity contribution in [1.82, 2.24) is 9.97 Å². The van der Waals surface area contributed by atoms with E-state index in [1.807, 2.05) is 6.92 Å². The Morgan fingerprint density at radius 3 is 2.89 bits per heavy atom. The number of aliphatic hydroxyl groups excluding tert-OH is 1. The average Bonchev–Trinajstić information content (AvgIpc) is 2.74. The molecule has 1 aromatic heterocycles. The molecule has 2 N–H and O–H groups in total. The molecule has 102 valence electrons. The smallest absolute Gasteiger partial charge is 0.141 e. The van der Waals surface area contributed by atoms with E-state index in [0.29, 0.717) is 18.0 Å². The fourth-order valence-electron chi connectivity index (χ4n) is 1.77. The lowest BCUT2D eigenvalue weighted by atomic mass is 10.1. The Balaban J connectivity index is 2.30. The molecule has 6 heteroatoms. The quantitative estimate of drug-likeness (QED) is 0.907. The molecular formula is C13H14ClFN2O2. The number of rotatable bonds is 4. The molecule has 19 heavy (non-hydrogen) atoms. The molecule has 2 rings (SSSR count). The number of hydrogen-bond donors (Lipinski definition) is 2. The van der Waals surface area contributed by atoms with Gasteiger partial charge in [-0.15, -0.1) is 0 Å². The van der Waals surface area contributed by atoms with E-state index in [-0.39, 0.29) is 5.02 Å². The number of imidazole rings is 1. The van der Waals surface area contributed by atoms with Crippen LogP contribution in [0.3, 0.4) is 0 Å². The Morgan fingerprint density at radius 2 is 2.26 bits per heavy atom. The average molecular weight is 285 g/mol. The molecule has 0 amide bonds. The minimum Gasteiger partial charge on any atom is -0.380 e. The summed E-state index contributed by atoms with van der Waals surface area (Å²) in [5.41, 5.74) is 2.03. The molecule has 0 aliphatic rings. The minimum absolute atomic E-state index is 0.0306. The molecule has 0 aliphatic carbocycles. The van der Waals surface area contributed by atoms with Crippen molar-refractivity contribution in [1.29, 1.82) is 0 Å². The molecule has 2 aromatic rings. The third-order valence-corrected chi connectivity index (χ3v) is 3.09. The number of aromatic nitrogens is 2. The summed E-state index contributed by atoms with van der Waals surface area (Å²) < 4.78 is 18.1. The number of benzene rings is 1. The SMILES string of the molecule is COCc1nc(C(O)c2ccc(F)c(Cl)c2)[nH]c1C. The summed E-state index contributed by atoms with van der Waals surface area (Å²) in [5.74, 6) is -0.138. The third-order valence-electron chi connectivity index (χ3n) is 2.80. The van der Waals surface area contributed by atoms with Crippen LogP contribution in [0.25, 0.3) is 0 Å². The topological polar surface area (TPSA) is 58.1 Å². The molecule has 1 atom stereocenters. The van der Waals surface area contributed by atoms with E-state index in [0.717, 1.165) is 11.4 Å². The van der Waals surface area contributed by atoms with Crippen molar-refractivity contribution >= 4 is 11.6 Å². The van der Waals surface area contributed by atoms with Gasteiger partial charge in [0.05, 0.1) is 17.3 Å². The second-order valence-corrected chi connectivity index (χ2v) is 4.61. The Hall–Kier alpha value is -1.43. The van der Waals surface area contributed by atoms with Gasteiger partial charge in [-0.05, 0) is 24.6 Å². The third kappa shape index (κ3) is 2.94. The van der Waals surface area contributed by atoms with Crippen LogP contribution in [0.2, 0.25) is 5.02 Å². The first-order chi connectivity index (χ1) is 9.02. The van der Waals surface area contributed by atoms with Crippen molar-refractivity contribution in [3.8, 4) is 0 Å². The molecule has 0 radical (unpaired) electrons. The number of ether oxygens (including phenoxy) is 1. The first-order valence-electron chi connectivity index (χ1n) is 5.70. The molecular weight excluding hydrogens is 271 g/mol. The molecule has 0 bridgehead atoms. The maximum Gasteiger partial charge on any atom is 0.141 e. The monoisotopic (exact) mass is 284 g/mol. The summed E-state index contributed by atoms with van der Waals surface area (Å²) in [7, 11) is 1.57. The van der Waals surface area contributed by atoms with Crippen molar-refractivity contribution in [3.63, 3.8) is 0 Å². The van der Waals surface area contributed by atoms with Gasteiger partial charge in [0, 0.05) is 12.8 Å². The van der Waals surface area contributed by atoms with E-state index in [1.165, 1.54) is 18.2 Å². The standard InChI is InChI=1S/C13H14ClFN2O2/c1-7-11(6-19-2)17-13(16-7)12(18)8-3-4-10(15)9(14)5-8/h3-5,12,18H,6H2,1-2H3,(H,16,17). The van der Waals surface area contributed by atoms with Gasteiger partial charge in [-0.3, -0.25) is 0 Å². The van der Waals surface area contributed by atoms with Gasteiger partial charge in [0.2, 0.25) is 0 Å². The van der Waals surface area contributed by atoms with Crippen molar-refractivity contribution in [3.05, 3.63) is 51.8 Å². The van der Waals surface area contributed by atoms with Gasteiger partial charge in [0.25, 0.3) is 0 Å². The summed E-state index contributed by atoms with van der Waals surface area (Å²) in [6, 6.07) is 4.07. The summed E-state index contributed by atoms with van der Waals surface area (Å²) in [6.07, 6.45) is -0.984. The van der Waals surface area contributed by atoms with Crippen LogP contribution in [0, 0.1) is 12.7 Å². The van der Waals surface area contributed by atoms with Crippen LogP contribution in [0.5, 0.6) is 0 Å². The molecule has 0 spiro atoms. The zero-order valence-corrected chi connectivity index (χ0v) is 11.3. The number of hydrogen-bond acceptors (Lipinski definition) is 3. The summed E-state index contributed by atoms with van der Waals surface area (Å²) in [5, 5.41) is 10.2. The molecule has 0 saturated carbocycles. The molecule has 0 saturated heterocycles. The van der Waals surface area contributed by atoms with Gasteiger partial charge < -0.3 is 14.8 Å². The second-order valence-electron chi connectivity index (χ2n) is 4.20. The van der Waals surface area contributed by atoms with E-state index < -0.39 is 11.9 Å². The highest BCUT2D eigenvalue weighted by atomic mass is 35.5. The van der Waals surface area contributed by atoms with Gasteiger partial charge in [0.15, 0.2) is 0 Å². The Morgan fingerprint density at radius 1 is 1.53 bits per heavy atom. The fourth-order valence-corrected chi connectivity index (χ4v) is 1.96. The zero-order valence-electron chi connectivity index (χ0n) is 10.6. The van der Waals surface area contributed by atoms with Gasteiger partial charge in [-0.1, -0.05) is 17.7 Å². The molecule has 1 aromatic carbocycles. The highest BCUT2D eigenvalue weighted by Gasteiger charge is 2.17. The van der Waals surface area contributed by atoms with E-state index in [2.05, 4.69) is 9.97 Å². The first kappa shape index (κ1) is 14.0. The number of aromatic amines is 1. The lowest BCUT2D eigenvalue weighted by Crippen LogP contribution is -2.02. The Labute approximate surface area is 115 Å². The van der Waals surface area contributed by atoms with Crippen LogP contribution >= 0.6 is 11.6 Å². The van der Waals surface area contributed by atoms with Gasteiger partial charge in [-0.25, -0.2) is 9.37 Å². The maximum atomic E-state index is 13.1. The lowest BCUT2D eigenvalue weighted by Gasteiger charge is -2.08. The number of methoxy groups -OCH3 is 1. The highest BCUT2D eigenvalue weighted by molar-refractivity contribution is 6.30. The Kier molecular flexibility index (Phi) is 4.19. The van der Waals surface area contributed by atoms with Crippen molar-refractivity contribution < 1.29 is 14.2 Å². The number of aliphatic hydroxyl groups is 1. The van der Waals surface area contributed by atoms with Crippen LogP contribution in [0.4, 0.5) is 4.39 Å². The number of H-pyrrole nitrogens is 1. The summed E-state index contributed by atoms with van der Waals surface area (Å²) in [6.45, 7) is 2.20.